The Morgan fingerprint density at radius 2 is 2.41 bits per heavy atom. The number of hydrogen-bond acceptors (Lipinski definition) is 4. The summed E-state index contributed by atoms with van der Waals surface area (Å²) in [5.41, 5.74) is 1.52. The largest absolute Gasteiger partial charge is 0.394 e. The van der Waals surface area contributed by atoms with Crippen LogP contribution in [0, 0.1) is 0 Å². The molecule has 1 aromatic heterocycles. The lowest BCUT2D eigenvalue weighted by Crippen LogP contribution is -2.36. The minimum absolute atomic E-state index is 0.117. The number of nitrogens with zero attached hydrogens (tertiary/aromatic N) is 1. The lowest BCUT2D eigenvalue weighted by Gasteiger charge is -2.35. The summed E-state index contributed by atoms with van der Waals surface area (Å²) in [6, 6.07) is 2.83. The van der Waals surface area contributed by atoms with E-state index in [1.807, 2.05) is 11.3 Å². The molecule has 0 amide bonds. The van der Waals surface area contributed by atoms with Gasteiger partial charge in [0.1, 0.15) is 0 Å². The molecule has 1 N–H and O–H groups in total. The normalized spacial score (nSPS) is 20.5. The maximum absolute atomic E-state index is 8.67. The molecule has 0 spiro atoms. The lowest BCUT2D eigenvalue weighted by molar-refractivity contribution is 0.0600. The fraction of sp³-hybridized carbons (Fsp3) is 0.692. The Morgan fingerprint density at radius 1 is 1.53 bits per heavy atom. The van der Waals surface area contributed by atoms with Crippen LogP contribution in [-0.4, -0.2) is 42.9 Å². The van der Waals surface area contributed by atoms with Gasteiger partial charge in [0.25, 0.3) is 0 Å². The van der Waals surface area contributed by atoms with Crippen molar-refractivity contribution in [3.8, 4) is 0 Å². The molecule has 1 aliphatic heterocycles. The molecule has 0 saturated heterocycles. The zero-order valence-electron chi connectivity index (χ0n) is 10.4. The Hall–Kier alpha value is -0.420. The number of aliphatic hydroxyl groups excluding tert-OH is 1. The summed E-state index contributed by atoms with van der Waals surface area (Å²) in [5, 5.41) is 10.9. The first-order valence-electron chi connectivity index (χ1n) is 6.35. The van der Waals surface area contributed by atoms with Crippen molar-refractivity contribution in [1.82, 2.24) is 4.90 Å². The average Bonchev–Trinajstić information content (AvgIpc) is 2.82. The molecule has 0 saturated carbocycles. The van der Waals surface area contributed by atoms with Crippen LogP contribution in [0.3, 0.4) is 0 Å². The van der Waals surface area contributed by atoms with Crippen molar-refractivity contribution in [1.29, 1.82) is 0 Å². The molecule has 2 rings (SSSR count). The summed E-state index contributed by atoms with van der Waals surface area (Å²) in [6.07, 6.45) is 2.33. The summed E-state index contributed by atoms with van der Waals surface area (Å²) < 4.78 is 5.36. The molecule has 17 heavy (non-hydrogen) atoms. The number of rotatable bonds is 6. The van der Waals surface area contributed by atoms with Crippen LogP contribution < -0.4 is 0 Å². The predicted molar refractivity (Wildman–Crippen MR) is 70.5 cm³/mol. The van der Waals surface area contributed by atoms with Gasteiger partial charge in [-0.3, -0.25) is 4.90 Å². The lowest BCUT2D eigenvalue weighted by atomic mass is 9.98. The summed E-state index contributed by atoms with van der Waals surface area (Å²) >= 11 is 1.89. The van der Waals surface area contributed by atoms with Gasteiger partial charge in [0.2, 0.25) is 0 Å². The zero-order valence-corrected chi connectivity index (χ0v) is 11.2. The highest BCUT2D eigenvalue weighted by molar-refractivity contribution is 7.10. The third-order valence-corrected chi connectivity index (χ3v) is 4.35. The highest BCUT2D eigenvalue weighted by atomic mass is 32.1. The average molecular weight is 255 g/mol. The van der Waals surface area contributed by atoms with Gasteiger partial charge >= 0.3 is 0 Å². The molecule has 1 aliphatic rings. The highest BCUT2D eigenvalue weighted by Crippen LogP contribution is 2.34. The SMILES string of the molecule is CCC1c2ccsc2CCN1CCOCCO. The van der Waals surface area contributed by atoms with Crippen LogP contribution in [0.25, 0.3) is 0 Å². The monoisotopic (exact) mass is 255 g/mol. The van der Waals surface area contributed by atoms with E-state index in [4.69, 9.17) is 9.84 Å². The Labute approximate surface area is 107 Å². The first-order valence-corrected chi connectivity index (χ1v) is 7.23. The molecule has 4 heteroatoms. The van der Waals surface area contributed by atoms with Gasteiger partial charge in [0.15, 0.2) is 0 Å². The molecule has 96 valence electrons. The van der Waals surface area contributed by atoms with E-state index in [-0.39, 0.29) is 6.61 Å². The third-order valence-electron chi connectivity index (χ3n) is 3.35. The highest BCUT2D eigenvalue weighted by Gasteiger charge is 2.26. The Balaban J connectivity index is 1.91. The molecule has 1 atom stereocenters. The fourth-order valence-corrected chi connectivity index (χ4v) is 3.47. The van der Waals surface area contributed by atoms with Crippen molar-refractivity contribution < 1.29 is 9.84 Å². The zero-order chi connectivity index (χ0) is 12.1. The van der Waals surface area contributed by atoms with Gasteiger partial charge in [-0.05, 0) is 29.9 Å². The first kappa shape index (κ1) is 13.0. The van der Waals surface area contributed by atoms with E-state index in [0.717, 1.165) is 26.1 Å². The maximum Gasteiger partial charge on any atom is 0.0698 e. The van der Waals surface area contributed by atoms with Crippen molar-refractivity contribution >= 4 is 11.3 Å². The Morgan fingerprint density at radius 3 is 3.18 bits per heavy atom. The molecule has 2 heterocycles. The quantitative estimate of drug-likeness (QED) is 0.790. The van der Waals surface area contributed by atoms with Crippen LogP contribution >= 0.6 is 11.3 Å². The van der Waals surface area contributed by atoms with E-state index < -0.39 is 0 Å². The molecule has 3 nitrogen and oxygen atoms in total. The van der Waals surface area contributed by atoms with Crippen LogP contribution in [0.2, 0.25) is 0 Å². The van der Waals surface area contributed by atoms with Crippen LogP contribution in [0.5, 0.6) is 0 Å². The molecular formula is C13H21NO2S. The number of hydrogen-bond donors (Lipinski definition) is 1. The van der Waals surface area contributed by atoms with Gasteiger partial charge in [-0.25, -0.2) is 0 Å². The van der Waals surface area contributed by atoms with E-state index in [2.05, 4.69) is 23.3 Å². The van der Waals surface area contributed by atoms with Crippen molar-refractivity contribution in [3.05, 3.63) is 21.9 Å². The second-order valence-electron chi connectivity index (χ2n) is 4.35. The Kier molecular flexibility index (Phi) is 4.98. The molecule has 0 aromatic carbocycles. The predicted octanol–water partition coefficient (Wildman–Crippen LogP) is 2.07. The van der Waals surface area contributed by atoms with E-state index >= 15 is 0 Å². The molecule has 1 aromatic rings. The van der Waals surface area contributed by atoms with E-state index in [1.54, 1.807) is 4.88 Å². The number of fused-ring (bicyclic) bond motifs is 1. The second kappa shape index (κ2) is 6.50. The van der Waals surface area contributed by atoms with Gasteiger partial charge in [-0.15, -0.1) is 11.3 Å². The van der Waals surface area contributed by atoms with Gasteiger partial charge in [0, 0.05) is 24.0 Å². The third kappa shape index (κ3) is 3.07. The number of ether oxygens (including phenoxy) is 1. The van der Waals surface area contributed by atoms with Gasteiger partial charge in [-0.1, -0.05) is 6.92 Å². The minimum Gasteiger partial charge on any atom is -0.394 e. The molecule has 0 aliphatic carbocycles. The van der Waals surface area contributed by atoms with Crippen molar-refractivity contribution in [3.63, 3.8) is 0 Å². The second-order valence-corrected chi connectivity index (χ2v) is 5.35. The summed E-state index contributed by atoms with van der Waals surface area (Å²) in [7, 11) is 0. The molecule has 0 bridgehead atoms. The van der Waals surface area contributed by atoms with Crippen molar-refractivity contribution in [2.24, 2.45) is 0 Å². The van der Waals surface area contributed by atoms with E-state index in [9.17, 15) is 0 Å². The van der Waals surface area contributed by atoms with Gasteiger partial charge in [-0.2, -0.15) is 0 Å². The topological polar surface area (TPSA) is 32.7 Å². The van der Waals surface area contributed by atoms with E-state index in [0.29, 0.717) is 12.6 Å². The van der Waals surface area contributed by atoms with Crippen molar-refractivity contribution in [2.45, 2.75) is 25.8 Å². The van der Waals surface area contributed by atoms with Gasteiger partial charge < -0.3 is 9.84 Å². The number of thiophene rings is 1. The molecular weight excluding hydrogens is 234 g/mol. The van der Waals surface area contributed by atoms with E-state index in [1.165, 1.54) is 12.0 Å². The number of aliphatic hydroxyl groups is 1. The van der Waals surface area contributed by atoms with Crippen LogP contribution in [0.1, 0.15) is 29.8 Å². The summed E-state index contributed by atoms with van der Waals surface area (Å²) in [5.74, 6) is 0. The molecule has 0 radical (unpaired) electrons. The van der Waals surface area contributed by atoms with Crippen LogP contribution in [-0.2, 0) is 11.2 Å². The summed E-state index contributed by atoms with van der Waals surface area (Å²) in [4.78, 5) is 4.07. The molecule has 1 unspecified atom stereocenters. The first-order chi connectivity index (χ1) is 8.36. The van der Waals surface area contributed by atoms with Gasteiger partial charge in [0.05, 0.1) is 19.8 Å². The fourth-order valence-electron chi connectivity index (χ4n) is 2.54. The van der Waals surface area contributed by atoms with Crippen molar-refractivity contribution in [2.75, 3.05) is 32.9 Å². The van der Waals surface area contributed by atoms with Crippen LogP contribution in [0.4, 0.5) is 0 Å². The Bertz CT molecular complexity index is 340. The molecule has 0 fully saturated rings. The van der Waals surface area contributed by atoms with Crippen LogP contribution in [0.15, 0.2) is 11.4 Å². The standard InChI is InChI=1S/C13H21NO2S/c1-2-12-11-4-10-17-13(11)3-5-14(12)6-8-16-9-7-15/h4,10,12,15H,2-3,5-9H2,1H3. The smallest absolute Gasteiger partial charge is 0.0698 e. The summed E-state index contributed by atoms with van der Waals surface area (Å²) in [6.45, 7) is 5.64. The maximum atomic E-state index is 8.67. The minimum atomic E-state index is 0.117.